The Bertz CT molecular complexity index is 1120. The average Bonchev–Trinajstić information content (AvgIpc) is 3.43. The molecule has 43 heavy (non-hydrogen) atoms. The van der Waals surface area contributed by atoms with Gasteiger partial charge in [0.15, 0.2) is 0 Å². The van der Waals surface area contributed by atoms with Gasteiger partial charge in [0, 0.05) is 6.54 Å². The molecular formula is C27H37F5N4O7. The van der Waals surface area contributed by atoms with E-state index in [0.29, 0.717) is 12.8 Å². The Hall–Kier alpha value is -3.82. The monoisotopic (exact) mass is 624 g/mol. The van der Waals surface area contributed by atoms with E-state index in [-0.39, 0.29) is 19.1 Å². The number of alkyl halides is 5. The quantitative estimate of drug-likeness (QED) is 0.273. The molecule has 0 saturated carbocycles. The van der Waals surface area contributed by atoms with Gasteiger partial charge >= 0.3 is 24.2 Å². The molecule has 0 unspecified atom stereocenters. The fourth-order valence-electron chi connectivity index (χ4n) is 4.00. The lowest BCUT2D eigenvalue weighted by atomic mass is 9.95. The van der Waals surface area contributed by atoms with Gasteiger partial charge in [-0.2, -0.15) is 22.0 Å². The van der Waals surface area contributed by atoms with Crippen molar-refractivity contribution < 1.29 is 55.8 Å². The summed E-state index contributed by atoms with van der Waals surface area (Å²) in [6.07, 6.45) is -5.06. The number of halogens is 5. The summed E-state index contributed by atoms with van der Waals surface area (Å²) in [5.41, 5.74) is 5.82. The Morgan fingerprint density at radius 2 is 1.51 bits per heavy atom. The largest absolute Gasteiger partial charge is 0.490 e. The Morgan fingerprint density at radius 1 is 0.977 bits per heavy atom. The molecule has 2 rings (SSSR count). The van der Waals surface area contributed by atoms with E-state index in [2.05, 4.69) is 10.6 Å². The number of nitrogens with one attached hydrogen (secondary N) is 2. The van der Waals surface area contributed by atoms with Gasteiger partial charge in [0.1, 0.15) is 18.7 Å². The highest BCUT2D eigenvalue weighted by Crippen LogP contribution is 2.23. The molecule has 1 aromatic rings. The van der Waals surface area contributed by atoms with Gasteiger partial charge in [-0.1, -0.05) is 58.0 Å². The summed E-state index contributed by atoms with van der Waals surface area (Å²) in [6.45, 7) is 5.67. The normalized spacial score (nSPS) is 16.6. The lowest BCUT2D eigenvalue weighted by molar-refractivity contribution is -0.192. The van der Waals surface area contributed by atoms with Crippen LogP contribution < -0.4 is 16.4 Å². The fourth-order valence-corrected chi connectivity index (χ4v) is 4.00. The van der Waals surface area contributed by atoms with Crippen LogP contribution in [-0.2, 0) is 30.5 Å². The third-order valence-electron chi connectivity index (χ3n) is 6.36. The van der Waals surface area contributed by atoms with Crippen molar-refractivity contribution in [2.24, 2.45) is 17.6 Å². The van der Waals surface area contributed by atoms with E-state index in [4.69, 9.17) is 20.4 Å². The number of nitrogens with zero attached hydrogens (tertiary/aromatic N) is 1. The maximum Gasteiger partial charge on any atom is 0.490 e. The molecule has 1 aromatic carbocycles. The molecule has 1 heterocycles. The SMILES string of the molecule is CC(C)[C@H](NC(=O)OCc1ccccc1)C(=O)N1CCC[C@H]1C(=O)N[C@H](C(=O)C(F)(F)CN)C(C)C.O=C(O)C(F)(F)F. The van der Waals surface area contributed by atoms with Crippen molar-refractivity contribution in [2.75, 3.05) is 13.1 Å². The Balaban J connectivity index is 0.00000117. The number of ketones is 1. The van der Waals surface area contributed by atoms with E-state index in [9.17, 15) is 41.1 Å². The topological polar surface area (TPSA) is 168 Å². The Kier molecular flexibility index (Phi) is 14.0. The number of aliphatic carboxylic acids is 1. The van der Waals surface area contributed by atoms with Crippen LogP contribution in [0.3, 0.4) is 0 Å². The first-order valence-electron chi connectivity index (χ1n) is 13.3. The third-order valence-corrected chi connectivity index (χ3v) is 6.36. The van der Waals surface area contributed by atoms with Crippen molar-refractivity contribution in [3.8, 4) is 0 Å². The van der Waals surface area contributed by atoms with Gasteiger partial charge in [-0.25, -0.2) is 9.59 Å². The summed E-state index contributed by atoms with van der Waals surface area (Å²) in [5.74, 6) is -10.1. The molecular weight excluding hydrogens is 587 g/mol. The van der Waals surface area contributed by atoms with Crippen LogP contribution in [-0.4, -0.2) is 83.0 Å². The summed E-state index contributed by atoms with van der Waals surface area (Å²) >= 11 is 0. The summed E-state index contributed by atoms with van der Waals surface area (Å²) in [5, 5.41) is 12.1. The second-order valence-electron chi connectivity index (χ2n) is 10.4. The van der Waals surface area contributed by atoms with Crippen LogP contribution in [0.4, 0.5) is 26.7 Å². The predicted octanol–water partition coefficient (Wildman–Crippen LogP) is 2.87. The molecule has 1 aliphatic heterocycles. The number of hydrogen-bond donors (Lipinski definition) is 4. The number of alkyl carbamates (subject to hydrolysis) is 1. The van der Waals surface area contributed by atoms with Crippen LogP contribution in [0, 0.1) is 11.8 Å². The van der Waals surface area contributed by atoms with Crippen LogP contribution in [0.2, 0.25) is 0 Å². The molecule has 1 fully saturated rings. The Labute approximate surface area is 245 Å². The lowest BCUT2D eigenvalue weighted by Gasteiger charge is -2.32. The van der Waals surface area contributed by atoms with Crippen LogP contribution >= 0.6 is 0 Å². The number of likely N-dealkylation sites (tertiary alicyclic amines) is 1. The molecule has 0 spiro atoms. The Morgan fingerprint density at radius 3 is 1.98 bits per heavy atom. The van der Waals surface area contributed by atoms with E-state index in [1.165, 1.54) is 18.7 Å². The molecule has 3 amide bonds. The molecule has 0 bridgehead atoms. The maximum atomic E-state index is 13.9. The number of nitrogens with two attached hydrogens (primary N) is 1. The average molecular weight is 625 g/mol. The summed E-state index contributed by atoms with van der Waals surface area (Å²) in [4.78, 5) is 61.3. The molecule has 5 N–H and O–H groups in total. The predicted molar refractivity (Wildman–Crippen MR) is 143 cm³/mol. The molecule has 242 valence electrons. The van der Waals surface area contributed by atoms with Gasteiger partial charge in [0.25, 0.3) is 0 Å². The highest BCUT2D eigenvalue weighted by Gasteiger charge is 2.45. The van der Waals surface area contributed by atoms with Crippen molar-refractivity contribution in [2.45, 2.75) is 77.4 Å². The van der Waals surface area contributed by atoms with Crippen molar-refractivity contribution >= 4 is 29.7 Å². The van der Waals surface area contributed by atoms with E-state index in [1.54, 1.807) is 26.0 Å². The minimum Gasteiger partial charge on any atom is -0.475 e. The van der Waals surface area contributed by atoms with Crippen LogP contribution in [0.1, 0.15) is 46.1 Å². The van der Waals surface area contributed by atoms with Crippen molar-refractivity contribution in [3.05, 3.63) is 35.9 Å². The molecule has 11 nitrogen and oxygen atoms in total. The number of carbonyl (C=O) groups excluding carboxylic acids is 4. The van der Waals surface area contributed by atoms with Gasteiger partial charge in [-0.05, 0) is 30.2 Å². The van der Waals surface area contributed by atoms with E-state index >= 15 is 0 Å². The van der Waals surface area contributed by atoms with E-state index in [0.717, 1.165) is 5.56 Å². The van der Waals surface area contributed by atoms with Gasteiger partial charge < -0.3 is 31.1 Å². The first kappa shape index (κ1) is 37.2. The van der Waals surface area contributed by atoms with E-state index < -0.39 is 72.3 Å². The minimum absolute atomic E-state index is 0.0263. The molecule has 0 aliphatic carbocycles. The number of carboxylic acids is 1. The van der Waals surface area contributed by atoms with Gasteiger partial charge in [0.05, 0.1) is 12.6 Å². The summed E-state index contributed by atoms with van der Waals surface area (Å²) in [6, 6.07) is 5.67. The maximum absolute atomic E-state index is 13.9. The van der Waals surface area contributed by atoms with Crippen LogP contribution in [0.25, 0.3) is 0 Å². The fraction of sp³-hybridized carbons (Fsp3) is 0.593. The van der Waals surface area contributed by atoms with Crippen LogP contribution in [0.15, 0.2) is 30.3 Å². The standard InChI is InChI=1S/C25H36F2N4O5.C2HF3O2/c1-15(2)19(21(32)25(26,27)14-28)29-22(33)18-11-8-12-31(18)23(34)20(16(3)4)30-24(35)36-13-17-9-6-5-7-10-17;3-2(4,5)1(6)7/h5-7,9-10,15-16,18-20H,8,11-14,28H2,1-4H3,(H,29,33)(H,30,35);(H,6,7)/t18-,19-,20-;/m0./s1. The number of carbonyl (C=O) groups is 5. The highest BCUT2D eigenvalue weighted by atomic mass is 19.4. The molecule has 3 atom stereocenters. The minimum atomic E-state index is -5.08. The van der Waals surface area contributed by atoms with Gasteiger partial charge in [-0.15, -0.1) is 0 Å². The molecule has 1 aliphatic rings. The number of amides is 3. The zero-order chi connectivity index (χ0) is 33.1. The zero-order valence-electron chi connectivity index (χ0n) is 24.1. The number of carboxylic acid groups (broad SMARTS) is 1. The zero-order valence-corrected chi connectivity index (χ0v) is 24.1. The smallest absolute Gasteiger partial charge is 0.475 e. The molecule has 16 heteroatoms. The molecule has 0 aromatic heterocycles. The number of ether oxygens (including phenoxy) is 1. The number of Topliss-reactive ketones (excluding diaryl/α,β-unsaturated/α-hetero) is 1. The molecule has 1 saturated heterocycles. The van der Waals surface area contributed by atoms with Crippen molar-refractivity contribution in [1.82, 2.24) is 15.5 Å². The highest BCUT2D eigenvalue weighted by molar-refractivity contribution is 5.97. The lowest BCUT2D eigenvalue weighted by Crippen LogP contribution is -2.59. The van der Waals surface area contributed by atoms with Crippen molar-refractivity contribution in [3.63, 3.8) is 0 Å². The summed E-state index contributed by atoms with van der Waals surface area (Å²) < 4.78 is 64.8. The van der Waals surface area contributed by atoms with Gasteiger partial charge in [-0.3, -0.25) is 14.4 Å². The first-order chi connectivity index (χ1) is 19.8. The van der Waals surface area contributed by atoms with Crippen LogP contribution in [0.5, 0.6) is 0 Å². The molecule has 0 radical (unpaired) electrons. The number of hydrogen-bond acceptors (Lipinski definition) is 7. The third kappa shape index (κ3) is 11.4. The first-order valence-corrected chi connectivity index (χ1v) is 13.3. The second-order valence-corrected chi connectivity index (χ2v) is 10.4. The second kappa shape index (κ2) is 16.1. The number of rotatable bonds is 11. The summed E-state index contributed by atoms with van der Waals surface area (Å²) in [7, 11) is 0. The van der Waals surface area contributed by atoms with Crippen molar-refractivity contribution in [1.29, 1.82) is 0 Å². The van der Waals surface area contributed by atoms with E-state index in [1.807, 2.05) is 18.2 Å². The number of benzene rings is 1. The van der Waals surface area contributed by atoms with Gasteiger partial charge in [0.2, 0.25) is 17.6 Å².